The molecule has 0 fully saturated rings. The molecule has 25 heavy (non-hydrogen) atoms. The maximum atomic E-state index is 6.28. The first-order chi connectivity index (χ1) is 12.2. The van der Waals surface area contributed by atoms with Crippen molar-refractivity contribution in [2.24, 2.45) is 0 Å². The summed E-state index contributed by atoms with van der Waals surface area (Å²) >= 11 is 6.28. The number of hydrogen-bond acceptors (Lipinski definition) is 5. The van der Waals surface area contributed by atoms with Crippen LogP contribution in [0.2, 0.25) is 5.02 Å². The normalized spacial score (nSPS) is 15.7. The van der Waals surface area contributed by atoms with Crippen molar-refractivity contribution < 1.29 is 18.9 Å². The van der Waals surface area contributed by atoms with Crippen LogP contribution in [0.1, 0.15) is 12.5 Å². The molecule has 3 rings (SSSR count). The molecule has 6 heteroatoms. The maximum Gasteiger partial charge on any atom is 0.179 e. The molecule has 0 spiro atoms. The van der Waals surface area contributed by atoms with Crippen LogP contribution in [-0.4, -0.2) is 33.0 Å². The monoisotopic (exact) mass is 363 g/mol. The SMILES string of the molecule is CCOc1cc(CNC[C@@H]2COc3ccccc3O2)cc(Cl)c1OC. The molecule has 1 N–H and O–H groups in total. The van der Waals surface area contributed by atoms with Crippen LogP contribution in [0.3, 0.4) is 0 Å². The van der Waals surface area contributed by atoms with Crippen LogP contribution < -0.4 is 24.3 Å². The van der Waals surface area contributed by atoms with E-state index in [0.29, 0.717) is 42.8 Å². The van der Waals surface area contributed by atoms with E-state index >= 15 is 0 Å². The standard InChI is InChI=1S/C19H22ClNO4/c1-3-23-18-9-13(8-15(20)19(18)22-2)10-21-11-14-12-24-16-6-4-5-7-17(16)25-14/h4-9,14,21H,3,10-12H2,1-2H3/t14-/m1/s1. The van der Waals surface area contributed by atoms with E-state index in [1.54, 1.807) is 7.11 Å². The van der Waals surface area contributed by atoms with Crippen molar-refractivity contribution in [2.75, 3.05) is 26.9 Å². The predicted octanol–water partition coefficient (Wildman–Crippen LogP) is 3.68. The van der Waals surface area contributed by atoms with Crippen molar-refractivity contribution in [1.29, 1.82) is 0 Å². The summed E-state index contributed by atoms with van der Waals surface area (Å²) in [6.07, 6.45) is -0.0324. The van der Waals surface area contributed by atoms with Gasteiger partial charge in [-0.3, -0.25) is 0 Å². The Kier molecular flexibility index (Phi) is 5.89. The van der Waals surface area contributed by atoms with Crippen LogP contribution in [0, 0.1) is 0 Å². The lowest BCUT2D eigenvalue weighted by atomic mass is 10.2. The highest BCUT2D eigenvalue weighted by molar-refractivity contribution is 6.32. The number of benzene rings is 2. The van der Waals surface area contributed by atoms with Gasteiger partial charge in [-0.25, -0.2) is 0 Å². The number of para-hydroxylation sites is 2. The van der Waals surface area contributed by atoms with Crippen LogP contribution in [0.4, 0.5) is 0 Å². The third-order valence-corrected chi connectivity index (χ3v) is 4.12. The lowest BCUT2D eigenvalue weighted by Gasteiger charge is -2.26. The fraction of sp³-hybridized carbons (Fsp3) is 0.368. The summed E-state index contributed by atoms with van der Waals surface area (Å²) in [6.45, 7) is 4.32. The Morgan fingerprint density at radius 2 is 2.04 bits per heavy atom. The van der Waals surface area contributed by atoms with Crippen LogP contribution in [0.15, 0.2) is 36.4 Å². The van der Waals surface area contributed by atoms with Crippen molar-refractivity contribution in [3.05, 3.63) is 47.0 Å². The lowest BCUT2D eigenvalue weighted by Crippen LogP contribution is -2.38. The molecule has 2 aromatic carbocycles. The van der Waals surface area contributed by atoms with Gasteiger partial charge in [0.25, 0.3) is 0 Å². The van der Waals surface area contributed by atoms with E-state index in [1.807, 2.05) is 43.3 Å². The molecule has 0 saturated carbocycles. The second-order valence-electron chi connectivity index (χ2n) is 5.67. The second-order valence-corrected chi connectivity index (χ2v) is 6.08. The van der Waals surface area contributed by atoms with Crippen LogP contribution >= 0.6 is 11.6 Å². The number of halogens is 1. The van der Waals surface area contributed by atoms with Gasteiger partial charge in [0.2, 0.25) is 0 Å². The highest BCUT2D eigenvalue weighted by atomic mass is 35.5. The zero-order valence-corrected chi connectivity index (χ0v) is 15.1. The van der Waals surface area contributed by atoms with Gasteiger partial charge in [-0.1, -0.05) is 23.7 Å². The van der Waals surface area contributed by atoms with Crippen LogP contribution in [-0.2, 0) is 6.54 Å². The topological polar surface area (TPSA) is 49.0 Å². The first-order valence-corrected chi connectivity index (χ1v) is 8.67. The van der Waals surface area contributed by atoms with Gasteiger partial charge in [0.05, 0.1) is 18.7 Å². The number of hydrogen-bond donors (Lipinski definition) is 1. The summed E-state index contributed by atoms with van der Waals surface area (Å²) in [7, 11) is 1.58. The molecule has 0 unspecified atom stereocenters. The van der Waals surface area contributed by atoms with Gasteiger partial charge in [0, 0.05) is 13.1 Å². The van der Waals surface area contributed by atoms with E-state index in [-0.39, 0.29) is 6.10 Å². The largest absolute Gasteiger partial charge is 0.491 e. The van der Waals surface area contributed by atoms with Crippen LogP contribution in [0.5, 0.6) is 23.0 Å². The summed E-state index contributed by atoms with van der Waals surface area (Å²) in [6, 6.07) is 11.5. The molecule has 0 radical (unpaired) electrons. The highest BCUT2D eigenvalue weighted by Gasteiger charge is 2.20. The summed E-state index contributed by atoms with van der Waals surface area (Å²) in [5.41, 5.74) is 1.02. The van der Waals surface area contributed by atoms with E-state index in [0.717, 1.165) is 17.1 Å². The lowest BCUT2D eigenvalue weighted by molar-refractivity contribution is 0.0902. The zero-order valence-electron chi connectivity index (χ0n) is 14.4. The fourth-order valence-corrected chi connectivity index (χ4v) is 3.04. The zero-order chi connectivity index (χ0) is 17.6. The molecule has 1 heterocycles. The van der Waals surface area contributed by atoms with E-state index in [4.69, 9.17) is 30.5 Å². The number of fused-ring (bicyclic) bond motifs is 1. The smallest absolute Gasteiger partial charge is 0.179 e. The molecule has 1 aliphatic rings. The van der Waals surface area contributed by atoms with Crippen LogP contribution in [0.25, 0.3) is 0 Å². The van der Waals surface area contributed by atoms with Crippen molar-refractivity contribution in [3.63, 3.8) is 0 Å². The molecule has 1 atom stereocenters. The average molecular weight is 364 g/mol. The molecular formula is C19H22ClNO4. The summed E-state index contributed by atoms with van der Waals surface area (Å²) in [5.74, 6) is 2.79. The molecule has 2 aromatic rings. The molecule has 134 valence electrons. The van der Waals surface area contributed by atoms with Gasteiger partial charge in [-0.15, -0.1) is 0 Å². The third-order valence-electron chi connectivity index (χ3n) is 3.84. The van der Waals surface area contributed by atoms with Gasteiger partial charge >= 0.3 is 0 Å². The minimum absolute atomic E-state index is 0.0324. The van der Waals surface area contributed by atoms with Gasteiger partial charge in [-0.2, -0.15) is 0 Å². The van der Waals surface area contributed by atoms with Crippen molar-refractivity contribution in [1.82, 2.24) is 5.32 Å². The van der Waals surface area contributed by atoms with Gasteiger partial charge in [-0.05, 0) is 36.8 Å². The predicted molar refractivity (Wildman–Crippen MR) is 97.2 cm³/mol. The first kappa shape index (κ1) is 17.7. The minimum Gasteiger partial charge on any atom is -0.491 e. The molecule has 5 nitrogen and oxygen atoms in total. The third kappa shape index (κ3) is 4.30. The first-order valence-electron chi connectivity index (χ1n) is 8.29. The summed E-state index contributed by atoms with van der Waals surface area (Å²) in [5, 5.41) is 3.91. The Morgan fingerprint density at radius 1 is 1.24 bits per heavy atom. The van der Waals surface area contributed by atoms with E-state index in [2.05, 4.69) is 5.32 Å². The molecule has 0 saturated heterocycles. The second kappa shape index (κ2) is 8.32. The number of nitrogens with one attached hydrogen (secondary N) is 1. The Bertz CT molecular complexity index is 723. The summed E-state index contributed by atoms with van der Waals surface area (Å²) in [4.78, 5) is 0. The van der Waals surface area contributed by atoms with Crippen molar-refractivity contribution in [2.45, 2.75) is 19.6 Å². The van der Waals surface area contributed by atoms with E-state index < -0.39 is 0 Å². The fourth-order valence-electron chi connectivity index (χ4n) is 2.73. The number of ether oxygens (including phenoxy) is 4. The quantitative estimate of drug-likeness (QED) is 0.813. The molecule has 0 amide bonds. The van der Waals surface area contributed by atoms with Gasteiger partial charge in [0.1, 0.15) is 12.7 Å². The number of methoxy groups -OCH3 is 1. The van der Waals surface area contributed by atoms with Gasteiger partial charge < -0.3 is 24.3 Å². The molecule has 1 aliphatic heterocycles. The average Bonchev–Trinajstić information content (AvgIpc) is 2.62. The molecule has 0 aliphatic carbocycles. The van der Waals surface area contributed by atoms with Crippen molar-refractivity contribution >= 4 is 11.6 Å². The van der Waals surface area contributed by atoms with E-state index in [1.165, 1.54) is 0 Å². The molecular weight excluding hydrogens is 342 g/mol. The Morgan fingerprint density at radius 3 is 2.80 bits per heavy atom. The number of rotatable bonds is 7. The highest BCUT2D eigenvalue weighted by Crippen LogP contribution is 2.36. The Balaban J connectivity index is 1.57. The summed E-state index contributed by atoms with van der Waals surface area (Å²) < 4.78 is 22.6. The Hall–Kier alpha value is -2.11. The molecule has 0 bridgehead atoms. The van der Waals surface area contributed by atoms with Gasteiger partial charge in [0.15, 0.2) is 23.0 Å². The van der Waals surface area contributed by atoms with E-state index in [9.17, 15) is 0 Å². The minimum atomic E-state index is -0.0324. The Labute approximate surface area is 152 Å². The molecule has 0 aromatic heterocycles. The van der Waals surface area contributed by atoms with Crippen molar-refractivity contribution in [3.8, 4) is 23.0 Å². The maximum absolute atomic E-state index is 6.28.